The van der Waals surface area contributed by atoms with Crippen molar-refractivity contribution in [2.45, 2.75) is 64.1 Å². The third kappa shape index (κ3) is 4.78. The maximum atomic E-state index is 12.5. The van der Waals surface area contributed by atoms with Crippen LogP contribution in [0.4, 0.5) is 0 Å². The van der Waals surface area contributed by atoms with Crippen LogP contribution in [0.2, 0.25) is 0 Å². The summed E-state index contributed by atoms with van der Waals surface area (Å²) >= 11 is 0. The molecule has 0 unspecified atom stereocenters. The largest absolute Gasteiger partial charge is 0.349 e. The van der Waals surface area contributed by atoms with Crippen molar-refractivity contribution in [3.63, 3.8) is 0 Å². The number of nitrogens with one attached hydrogen (secondary N) is 1. The fourth-order valence-corrected chi connectivity index (χ4v) is 4.40. The Hall–Kier alpha value is -2.13. The number of hydrogen-bond acceptors (Lipinski definition) is 2. The number of nitrogens with zero attached hydrogens (tertiary/aromatic N) is 1. The monoisotopic (exact) mass is 362 g/mol. The van der Waals surface area contributed by atoms with Crippen LogP contribution in [-0.4, -0.2) is 23.4 Å². The fraction of sp³-hybridized carbons (Fsp3) is 0.458. The second kappa shape index (κ2) is 8.71. The molecular formula is C24H30N2O. The second-order valence-electron chi connectivity index (χ2n) is 8.09. The summed E-state index contributed by atoms with van der Waals surface area (Å²) in [5, 5.41) is 3.24. The fourth-order valence-electron chi connectivity index (χ4n) is 4.40. The number of fused-ring (bicyclic) bond motifs is 1. The molecule has 1 fully saturated rings. The van der Waals surface area contributed by atoms with E-state index in [4.69, 9.17) is 0 Å². The van der Waals surface area contributed by atoms with E-state index in [1.54, 1.807) is 0 Å². The molecule has 2 aromatic carbocycles. The number of amides is 1. The van der Waals surface area contributed by atoms with E-state index >= 15 is 0 Å². The molecule has 27 heavy (non-hydrogen) atoms. The number of carbonyl (C=O) groups is 1. The summed E-state index contributed by atoms with van der Waals surface area (Å²) in [4.78, 5) is 15.0. The van der Waals surface area contributed by atoms with Crippen molar-refractivity contribution < 1.29 is 4.79 Å². The first-order valence-corrected chi connectivity index (χ1v) is 10.5. The maximum Gasteiger partial charge on any atom is 0.251 e. The van der Waals surface area contributed by atoms with Gasteiger partial charge in [-0.25, -0.2) is 0 Å². The molecule has 3 heteroatoms. The summed E-state index contributed by atoms with van der Waals surface area (Å²) in [5.74, 6) is 0.0837. The van der Waals surface area contributed by atoms with Gasteiger partial charge in [0.1, 0.15) is 0 Å². The van der Waals surface area contributed by atoms with Crippen molar-refractivity contribution in [3.05, 3.63) is 70.8 Å². The van der Waals surface area contributed by atoms with Crippen LogP contribution >= 0.6 is 0 Å². The van der Waals surface area contributed by atoms with Crippen LogP contribution < -0.4 is 5.32 Å². The summed E-state index contributed by atoms with van der Waals surface area (Å²) < 4.78 is 0. The molecule has 0 bridgehead atoms. The van der Waals surface area contributed by atoms with Crippen LogP contribution in [-0.2, 0) is 19.5 Å². The highest BCUT2D eigenvalue weighted by molar-refractivity contribution is 5.94. The Balaban J connectivity index is 1.33. The molecule has 4 rings (SSSR count). The SMILES string of the molecule is O=C(NC1CCCCCC1)c1ccc(CN2CCc3ccccc3C2)cc1. The van der Waals surface area contributed by atoms with Crippen LogP contribution in [0.25, 0.3) is 0 Å². The quantitative estimate of drug-likeness (QED) is 0.800. The molecule has 1 amide bonds. The van der Waals surface area contributed by atoms with Gasteiger partial charge >= 0.3 is 0 Å². The van der Waals surface area contributed by atoms with Crippen molar-refractivity contribution >= 4 is 5.91 Å². The van der Waals surface area contributed by atoms with Crippen LogP contribution in [0.1, 0.15) is 65.6 Å². The van der Waals surface area contributed by atoms with Crippen LogP contribution in [0.5, 0.6) is 0 Å². The van der Waals surface area contributed by atoms with Gasteiger partial charge in [0.2, 0.25) is 0 Å². The Morgan fingerprint density at radius 2 is 1.63 bits per heavy atom. The van der Waals surface area contributed by atoms with E-state index < -0.39 is 0 Å². The number of carbonyl (C=O) groups excluding carboxylic acids is 1. The third-order valence-electron chi connectivity index (χ3n) is 6.02. The Kier molecular flexibility index (Phi) is 5.88. The van der Waals surface area contributed by atoms with Crippen molar-refractivity contribution in [3.8, 4) is 0 Å². The van der Waals surface area contributed by atoms with Gasteiger partial charge in [-0.15, -0.1) is 0 Å². The molecule has 0 aromatic heterocycles. The maximum absolute atomic E-state index is 12.5. The summed E-state index contributed by atoms with van der Waals surface area (Å²) in [5.41, 5.74) is 5.00. The van der Waals surface area contributed by atoms with E-state index in [1.807, 2.05) is 12.1 Å². The molecule has 0 atom stereocenters. The van der Waals surface area contributed by atoms with Crippen molar-refractivity contribution in [1.82, 2.24) is 10.2 Å². The summed E-state index contributed by atoms with van der Waals surface area (Å²) in [6.07, 6.45) is 8.47. The van der Waals surface area contributed by atoms with Crippen LogP contribution in [0, 0.1) is 0 Å². The predicted octanol–water partition coefficient (Wildman–Crippen LogP) is 4.70. The molecule has 142 valence electrons. The Bertz CT molecular complexity index is 760. The lowest BCUT2D eigenvalue weighted by Gasteiger charge is -2.28. The average Bonchev–Trinajstić information content (AvgIpc) is 2.97. The highest BCUT2D eigenvalue weighted by atomic mass is 16.1. The Labute approximate surface area is 162 Å². The van der Waals surface area contributed by atoms with Crippen LogP contribution in [0.15, 0.2) is 48.5 Å². The van der Waals surface area contributed by atoms with E-state index in [1.165, 1.54) is 42.4 Å². The van der Waals surface area contributed by atoms with Gasteiger partial charge in [0.25, 0.3) is 5.91 Å². The number of hydrogen-bond donors (Lipinski definition) is 1. The molecule has 1 heterocycles. The first-order chi connectivity index (χ1) is 13.3. The van der Waals surface area contributed by atoms with Crippen molar-refractivity contribution in [2.24, 2.45) is 0 Å². The smallest absolute Gasteiger partial charge is 0.251 e. The zero-order chi connectivity index (χ0) is 18.5. The van der Waals surface area contributed by atoms with Gasteiger partial charge in [-0.3, -0.25) is 9.69 Å². The summed E-state index contributed by atoms with van der Waals surface area (Å²) in [6, 6.07) is 17.3. The van der Waals surface area contributed by atoms with E-state index in [-0.39, 0.29) is 5.91 Å². The zero-order valence-corrected chi connectivity index (χ0v) is 16.1. The van der Waals surface area contributed by atoms with E-state index in [9.17, 15) is 4.79 Å². The van der Waals surface area contributed by atoms with Gasteiger partial charge in [0, 0.05) is 31.2 Å². The Morgan fingerprint density at radius 3 is 2.37 bits per heavy atom. The average molecular weight is 363 g/mol. The molecule has 3 nitrogen and oxygen atoms in total. The Morgan fingerprint density at radius 1 is 0.926 bits per heavy atom. The lowest BCUT2D eigenvalue weighted by atomic mass is 9.99. The minimum atomic E-state index is 0.0837. The molecule has 1 saturated carbocycles. The lowest BCUT2D eigenvalue weighted by Crippen LogP contribution is -2.34. The molecule has 0 saturated heterocycles. The highest BCUT2D eigenvalue weighted by Crippen LogP contribution is 2.21. The number of benzene rings is 2. The van der Waals surface area contributed by atoms with Crippen molar-refractivity contribution in [1.29, 1.82) is 0 Å². The zero-order valence-electron chi connectivity index (χ0n) is 16.1. The first-order valence-electron chi connectivity index (χ1n) is 10.5. The molecule has 0 spiro atoms. The third-order valence-corrected chi connectivity index (χ3v) is 6.02. The molecule has 2 aliphatic rings. The molecule has 1 aliphatic heterocycles. The highest BCUT2D eigenvalue weighted by Gasteiger charge is 2.17. The summed E-state index contributed by atoms with van der Waals surface area (Å²) in [7, 11) is 0. The molecule has 0 radical (unpaired) electrons. The van der Waals surface area contributed by atoms with Crippen LogP contribution in [0.3, 0.4) is 0 Å². The molecule has 1 aliphatic carbocycles. The minimum absolute atomic E-state index is 0.0837. The van der Waals surface area contributed by atoms with Gasteiger partial charge in [0.05, 0.1) is 0 Å². The standard InChI is InChI=1S/C24H30N2O/c27-24(25-23-9-3-1-2-4-10-23)21-13-11-19(12-14-21)17-26-16-15-20-7-5-6-8-22(20)18-26/h5-8,11-14,23H,1-4,9-10,15-18H2,(H,25,27). The van der Waals surface area contributed by atoms with Gasteiger partial charge in [0.15, 0.2) is 0 Å². The van der Waals surface area contributed by atoms with Gasteiger partial charge in [-0.1, -0.05) is 62.1 Å². The van der Waals surface area contributed by atoms with Gasteiger partial charge < -0.3 is 5.32 Å². The minimum Gasteiger partial charge on any atom is -0.349 e. The summed E-state index contributed by atoms with van der Waals surface area (Å²) in [6.45, 7) is 3.06. The normalized spacial score (nSPS) is 18.5. The van der Waals surface area contributed by atoms with E-state index in [0.717, 1.165) is 44.5 Å². The lowest BCUT2D eigenvalue weighted by molar-refractivity contribution is 0.0933. The second-order valence-corrected chi connectivity index (χ2v) is 8.09. The van der Waals surface area contributed by atoms with E-state index in [0.29, 0.717) is 6.04 Å². The number of rotatable bonds is 4. The van der Waals surface area contributed by atoms with Gasteiger partial charge in [-0.2, -0.15) is 0 Å². The first kappa shape index (κ1) is 18.2. The topological polar surface area (TPSA) is 32.3 Å². The van der Waals surface area contributed by atoms with E-state index in [2.05, 4.69) is 46.6 Å². The van der Waals surface area contributed by atoms with Crippen molar-refractivity contribution in [2.75, 3.05) is 6.54 Å². The van der Waals surface area contributed by atoms with Gasteiger partial charge in [-0.05, 0) is 48.1 Å². The molecule has 1 N–H and O–H groups in total. The molecular weight excluding hydrogens is 332 g/mol. The molecule has 2 aromatic rings. The predicted molar refractivity (Wildman–Crippen MR) is 110 cm³/mol.